The van der Waals surface area contributed by atoms with Crippen molar-refractivity contribution in [2.24, 2.45) is 7.05 Å². The molecule has 0 unspecified atom stereocenters. The van der Waals surface area contributed by atoms with E-state index in [9.17, 15) is 9.59 Å². The standard InChI is InChI=1S/C30H34N8O2/c1-36(2)17-20-7-9-21(10-8-20)22-5-4-6-25(13-22)35-30(40)38-12-11-26(19-38)34-29(39)27-14-23(15-32-28(27)31)24-16-33-37(3)18-24/h4-10,13-16,18,26H,11-12,17,19H2,1-3H3,(H2,31,32)(H,34,39)(H,35,40)/t26-/m1/s1. The maximum absolute atomic E-state index is 13.1. The van der Waals surface area contributed by atoms with Gasteiger partial charge in [0.15, 0.2) is 0 Å². The highest BCUT2D eigenvalue weighted by Gasteiger charge is 2.28. The molecular weight excluding hydrogens is 504 g/mol. The fourth-order valence-electron chi connectivity index (χ4n) is 4.86. The molecule has 1 fully saturated rings. The Morgan fingerprint density at radius 2 is 1.82 bits per heavy atom. The van der Waals surface area contributed by atoms with E-state index in [0.717, 1.165) is 34.5 Å². The number of nitrogens with two attached hydrogens (primary N) is 1. The summed E-state index contributed by atoms with van der Waals surface area (Å²) in [5.41, 5.74) is 12.0. The van der Waals surface area contributed by atoms with E-state index >= 15 is 0 Å². The highest BCUT2D eigenvalue weighted by atomic mass is 16.2. The number of nitrogens with zero attached hydrogens (tertiary/aromatic N) is 5. The molecule has 0 bridgehead atoms. The van der Waals surface area contributed by atoms with E-state index in [1.54, 1.807) is 28.0 Å². The molecule has 1 aliphatic heterocycles. The third kappa shape index (κ3) is 6.29. The quantitative estimate of drug-likeness (QED) is 0.329. The number of amides is 3. The average molecular weight is 539 g/mol. The van der Waals surface area contributed by atoms with Crippen LogP contribution in [0.15, 0.2) is 73.2 Å². The van der Waals surface area contributed by atoms with Gasteiger partial charge in [0.1, 0.15) is 5.82 Å². The number of carbonyl (C=O) groups excluding carboxylic acids is 2. The topological polar surface area (TPSA) is 121 Å². The summed E-state index contributed by atoms with van der Waals surface area (Å²) < 4.78 is 1.68. The van der Waals surface area contributed by atoms with Crippen molar-refractivity contribution in [3.63, 3.8) is 0 Å². The largest absolute Gasteiger partial charge is 0.383 e. The monoisotopic (exact) mass is 538 g/mol. The van der Waals surface area contributed by atoms with Gasteiger partial charge >= 0.3 is 6.03 Å². The smallest absolute Gasteiger partial charge is 0.321 e. The number of nitrogens with one attached hydrogen (secondary N) is 2. The Balaban J connectivity index is 1.18. The first-order chi connectivity index (χ1) is 19.2. The van der Waals surface area contributed by atoms with Crippen LogP contribution in [0.3, 0.4) is 0 Å². The minimum absolute atomic E-state index is 0.157. The number of hydrogen-bond donors (Lipinski definition) is 3. The summed E-state index contributed by atoms with van der Waals surface area (Å²) in [5, 5.41) is 10.2. The van der Waals surface area contributed by atoms with Gasteiger partial charge in [-0.1, -0.05) is 36.4 Å². The summed E-state index contributed by atoms with van der Waals surface area (Å²) in [6, 6.07) is 17.6. The summed E-state index contributed by atoms with van der Waals surface area (Å²) in [5.74, 6) is -0.155. The normalized spacial score (nSPS) is 14.9. The van der Waals surface area contributed by atoms with Crippen LogP contribution < -0.4 is 16.4 Å². The zero-order valence-electron chi connectivity index (χ0n) is 23.0. The minimum atomic E-state index is -0.313. The Labute approximate surface area is 233 Å². The number of carbonyl (C=O) groups is 2. The van der Waals surface area contributed by atoms with Crippen LogP contribution in [0, 0.1) is 0 Å². The van der Waals surface area contributed by atoms with Crippen molar-refractivity contribution >= 4 is 23.4 Å². The van der Waals surface area contributed by atoms with Gasteiger partial charge in [0.2, 0.25) is 0 Å². The van der Waals surface area contributed by atoms with Gasteiger partial charge in [-0.2, -0.15) is 5.10 Å². The Hall–Kier alpha value is -4.70. The van der Waals surface area contributed by atoms with E-state index in [1.807, 2.05) is 51.6 Å². The van der Waals surface area contributed by atoms with Crippen LogP contribution in [-0.4, -0.2) is 69.7 Å². The number of nitrogen functional groups attached to an aromatic ring is 1. The first-order valence-corrected chi connectivity index (χ1v) is 13.2. The number of benzene rings is 2. The molecule has 3 amide bonds. The molecule has 40 heavy (non-hydrogen) atoms. The van der Waals surface area contributed by atoms with Gasteiger partial charge in [0.05, 0.1) is 11.8 Å². The van der Waals surface area contributed by atoms with Gasteiger partial charge in [0.25, 0.3) is 5.91 Å². The zero-order chi connectivity index (χ0) is 28.2. The molecule has 0 aliphatic carbocycles. The fraction of sp³-hybridized carbons (Fsp3) is 0.267. The molecule has 1 atom stereocenters. The second kappa shape index (κ2) is 11.6. The lowest BCUT2D eigenvalue weighted by Gasteiger charge is -2.18. The van der Waals surface area contributed by atoms with Crippen molar-refractivity contribution in [3.8, 4) is 22.3 Å². The molecule has 1 aliphatic rings. The van der Waals surface area contributed by atoms with Gasteiger partial charge in [-0.15, -0.1) is 0 Å². The lowest BCUT2D eigenvalue weighted by atomic mass is 10.0. The molecule has 0 spiro atoms. The first-order valence-electron chi connectivity index (χ1n) is 13.2. The third-order valence-electron chi connectivity index (χ3n) is 6.91. The van der Waals surface area contributed by atoms with Crippen molar-refractivity contribution in [2.45, 2.75) is 19.0 Å². The minimum Gasteiger partial charge on any atom is -0.383 e. The van der Waals surface area contributed by atoms with Crippen LogP contribution in [-0.2, 0) is 13.6 Å². The highest BCUT2D eigenvalue weighted by molar-refractivity contribution is 5.99. The number of aromatic nitrogens is 3. The molecule has 4 N–H and O–H groups in total. The van der Waals surface area contributed by atoms with Crippen LogP contribution in [0.4, 0.5) is 16.3 Å². The predicted octanol–water partition coefficient (Wildman–Crippen LogP) is 3.83. The van der Waals surface area contributed by atoms with Crippen molar-refractivity contribution in [2.75, 3.05) is 38.2 Å². The molecule has 5 rings (SSSR count). The predicted molar refractivity (Wildman–Crippen MR) is 157 cm³/mol. The number of aryl methyl sites for hydroxylation is 1. The summed E-state index contributed by atoms with van der Waals surface area (Å²) in [6.45, 7) is 1.82. The third-order valence-corrected chi connectivity index (χ3v) is 6.91. The number of urea groups is 1. The lowest BCUT2D eigenvalue weighted by Crippen LogP contribution is -2.40. The number of rotatable bonds is 7. The fourth-order valence-corrected chi connectivity index (χ4v) is 4.86. The number of pyridine rings is 1. The molecule has 2 aromatic carbocycles. The Morgan fingerprint density at radius 3 is 2.55 bits per heavy atom. The van der Waals surface area contributed by atoms with Gasteiger partial charge in [-0.3, -0.25) is 9.48 Å². The maximum atomic E-state index is 13.1. The van der Waals surface area contributed by atoms with Crippen LogP contribution >= 0.6 is 0 Å². The molecule has 0 radical (unpaired) electrons. The van der Waals surface area contributed by atoms with Gasteiger partial charge in [0, 0.05) is 61.9 Å². The molecule has 10 nitrogen and oxygen atoms in total. The zero-order valence-corrected chi connectivity index (χ0v) is 23.0. The van der Waals surface area contributed by atoms with Crippen molar-refractivity contribution in [1.29, 1.82) is 0 Å². The number of anilines is 2. The van der Waals surface area contributed by atoms with Crippen molar-refractivity contribution < 1.29 is 9.59 Å². The molecule has 206 valence electrons. The van der Waals surface area contributed by atoms with Crippen molar-refractivity contribution in [1.82, 2.24) is 29.9 Å². The molecule has 4 aromatic rings. The average Bonchev–Trinajstić information content (AvgIpc) is 3.58. The Morgan fingerprint density at radius 1 is 1.02 bits per heavy atom. The van der Waals surface area contributed by atoms with E-state index in [2.05, 4.69) is 49.9 Å². The van der Waals surface area contributed by atoms with Gasteiger partial charge in [-0.25, -0.2) is 9.78 Å². The van der Waals surface area contributed by atoms with Crippen LogP contribution in [0.5, 0.6) is 0 Å². The molecule has 2 aromatic heterocycles. The van der Waals surface area contributed by atoms with Crippen LogP contribution in [0.2, 0.25) is 0 Å². The second-order valence-corrected chi connectivity index (χ2v) is 10.4. The molecular formula is C30H34N8O2. The van der Waals surface area contributed by atoms with E-state index in [1.165, 1.54) is 5.56 Å². The summed E-state index contributed by atoms with van der Waals surface area (Å²) in [7, 11) is 5.92. The molecule has 10 heteroatoms. The molecule has 0 saturated carbocycles. The lowest BCUT2D eigenvalue weighted by molar-refractivity contribution is 0.0938. The van der Waals surface area contributed by atoms with Crippen LogP contribution in [0.1, 0.15) is 22.3 Å². The summed E-state index contributed by atoms with van der Waals surface area (Å²) >= 11 is 0. The van der Waals surface area contributed by atoms with Crippen LogP contribution in [0.25, 0.3) is 22.3 Å². The summed E-state index contributed by atoms with van der Waals surface area (Å²) in [6.07, 6.45) is 5.83. The highest BCUT2D eigenvalue weighted by Crippen LogP contribution is 2.25. The second-order valence-electron chi connectivity index (χ2n) is 10.4. The van der Waals surface area contributed by atoms with Crippen molar-refractivity contribution in [3.05, 3.63) is 84.3 Å². The van der Waals surface area contributed by atoms with E-state index in [-0.39, 0.29) is 23.8 Å². The van der Waals surface area contributed by atoms with E-state index in [0.29, 0.717) is 25.1 Å². The van der Waals surface area contributed by atoms with Gasteiger partial charge in [-0.05, 0) is 55.4 Å². The molecule has 1 saturated heterocycles. The Kier molecular flexibility index (Phi) is 7.79. The van der Waals surface area contributed by atoms with E-state index < -0.39 is 0 Å². The van der Waals surface area contributed by atoms with Gasteiger partial charge < -0.3 is 26.2 Å². The first kappa shape index (κ1) is 26.9. The number of likely N-dealkylation sites (tertiary alicyclic amines) is 1. The Bertz CT molecular complexity index is 1510. The van der Waals surface area contributed by atoms with E-state index in [4.69, 9.17) is 5.73 Å². The number of hydrogen-bond acceptors (Lipinski definition) is 6. The maximum Gasteiger partial charge on any atom is 0.321 e. The molecule has 3 heterocycles. The SMILES string of the molecule is CN(C)Cc1ccc(-c2cccc(NC(=O)N3CC[C@@H](NC(=O)c4cc(-c5cnn(C)c5)cnc4N)C3)c2)cc1. The summed E-state index contributed by atoms with van der Waals surface area (Å²) in [4.78, 5) is 34.1.